The van der Waals surface area contributed by atoms with Crippen LogP contribution >= 0.6 is 0 Å². The van der Waals surface area contributed by atoms with Crippen LogP contribution in [0.5, 0.6) is 0 Å². The molecule has 3 rings (SSSR count). The van der Waals surface area contributed by atoms with Crippen molar-refractivity contribution < 1.29 is 18.9 Å². The minimum Gasteiger partial charge on any atom is -0.368 e. The van der Waals surface area contributed by atoms with Crippen LogP contribution < -0.4 is 0 Å². The smallest absolute Gasteiger partial charge is 0.163 e. The van der Waals surface area contributed by atoms with Crippen LogP contribution in [0.25, 0.3) is 0 Å². The highest BCUT2D eigenvalue weighted by atomic mass is 16.8. The molecule has 156 valence electrons. The lowest BCUT2D eigenvalue weighted by Gasteiger charge is -2.30. The fraction of sp³-hybridized carbons (Fsp3) is 0.440. The van der Waals surface area contributed by atoms with Gasteiger partial charge in [-0.3, -0.25) is 0 Å². The number of hydrogen-bond donors (Lipinski definition) is 0. The SMILES string of the molecule is CC/C=C/[C@@H](OCc1ccccc1)[C@H](OCc1ccccc1)[C@H]1COC(C)(C)O1. The maximum Gasteiger partial charge on any atom is 0.163 e. The molecule has 0 bridgehead atoms. The van der Waals surface area contributed by atoms with Gasteiger partial charge in [-0.05, 0) is 31.4 Å². The Morgan fingerprint density at radius 1 is 0.966 bits per heavy atom. The summed E-state index contributed by atoms with van der Waals surface area (Å²) in [4.78, 5) is 0. The first-order valence-electron chi connectivity index (χ1n) is 10.4. The molecule has 0 amide bonds. The van der Waals surface area contributed by atoms with Crippen molar-refractivity contribution in [3.8, 4) is 0 Å². The zero-order chi connectivity index (χ0) is 20.5. The van der Waals surface area contributed by atoms with Crippen LogP contribution in [0.15, 0.2) is 72.8 Å². The standard InChI is InChI=1S/C25H32O4/c1-4-5-16-22(26-17-20-12-8-6-9-13-20)24(23-19-28-25(2,3)29-23)27-18-21-14-10-7-11-15-21/h5-16,22-24H,4,17-19H2,1-3H3/b16-5+/t22-,23-,24+/m1/s1. The van der Waals surface area contributed by atoms with Gasteiger partial charge in [0.2, 0.25) is 0 Å². The molecular formula is C25H32O4. The largest absolute Gasteiger partial charge is 0.368 e. The molecule has 4 nitrogen and oxygen atoms in total. The van der Waals surface area contributed by atoms with Crippen LogP contribution in [0.1, 0.15) is 38.3 Å². The van der Waals surface area contributed by atoms with E-state index in [0.29, 0.717) is 19.8 Å². The van der Waals surface area contributed by atoms with Crippen LogP contribution in [-0.4, -0.2) is 30.7 Å². The van der Waals surface area contributed by atoms with Crippen molar-refractivity contribution in [1.29, 1.82) is 0 Å². The third-order valence-electron chi connectivity index (χ3n) is 4.85. The van der Waals surface area contributed by atoms with Gasteiger partial charge in [0, 0.05) is 0 Å². The van der Waals surface area contributed by atoms with E-state index in [4.69, 9.17) is 18.9 Å². The van der Waals surface area contributed by atoms with Gasteiger partial charge in [0.05, 0.1) is 19.8 Å². The van der Waals surface area contributed by atoms with Crippen molar-refractivity contribution in [3.63, 3.8) is 0 Å². The lowest BCUT2D eigenvalue weighted by Crippen LogP contribution is -2.42. The van der Waals surface area contributed by atoms with Crippen molar-refractivity contribution in [2.24, 2.45) is 0 Å². The van der Waals surface area contributed by atoms with E-state index in [0.717, 1.165) is 17.5 Å². The van der Waals surface area contributed by atoms with Crippen molar-refractivity contribution in [1.82, 2.24) is 0 Å². The van der Waals surface area contributed by atoms with Crippen molar-refractivity contribution in [2.75, 3.05) is 6.61 Å². The van der Waals surface area contributed by atoms with E-state index in [2.05, 4.69) is 43.3 Å². The summed E-state index contributed by atoms with van der Waals surface area (Å²) in [6, 6.07) is 20.4. The summed E-state index contributed by atoms with van der Waals surface area (Å²) in [5.74, 6) is -0.614. The second-order valence-corrected chi connectivity index (χ2v) is 7.73. The van der Waals surface area contributed by atoms with Crippen LogP contribution in [0, 0.1) is 0 Å². The molecule has 0 aromatic heterocycles. The molecule has 3 atom stereocenters. The average Bonchev–Trinajstić information content (AvgIpc) is 3.10. The maximum absolute atomic E-state index is 6.37. The number of rotatable bonds is 10. The van der Waals surface area contributed by atoms with Gasteiger partial charge in [0.15, 0.2) is 5.79 Å². The first-order valence-corrected chi connectivity index (χ1v) is 10.4. The third-order valence-corrected chi connectivity index (χ3v) is 4.85. The predicted molar refractivity (Wildman–Crippen MR) is 114 cm³/mol. The minimum atomic E-state index is -0.614. The van der Waals surface area contributed by atoms with Gasteiger partial charge in [0.1, 0.15) is 18.3 Å². The molecule has 0 radical (unpaired) electrons. The van der Waals surface area contributed by atoms with Gasteiger partial charge in [-0.1, -0.05) is 79.7 Å². The molecule has 0 unspecified atom stereocenters. The second kappa shape index (κ2) is 10.7. The Kier molecular flexibility index (Phi) is 8.01. The monoisotopic (exact) mass is 396 g/mol. The Labute approximate surface area is 174 Å². The molecule has 29 heavy (non-hydrogen) atoms. The van der Waals surface area contributed by atoms with Gasteiger partial charge in [-0.2, -0.15) is 0 Å². The Balaban J connectivity index is 1.75. The number of allylic oxidation sites excluding steroid dienone is 1. The van der Waals surface area contributed by atoms with E-state index < -0.39 is 5.79 Å². The summed E-state index contributed by atoms with van der Waals surface area (Å²) in [6.45, 7) is 7.48. The summed E-state index contributed by atoms with van der Waals surface area (Å²) < 4.78 is 24.7. The highest BCUT2D eigenvalue weighted by molar-refractivity contribution is 5.15. The molecule has 0 aliphatic carbocycles. The van der Waals surface area contributed by atoms with E-state index in [1.165, 1.54) is 0 Å². The summed E-state index contributed by atoms with van der Waals surface area (Å²) in [5.41, 5.74) is 2.25. The van der Waals surface area contributed by atoms with Crippen LogP contribution in [0.2, 0.25) is 0 Å². The molecule has 1 aliphatic heterocycles. The molecule has 4 heteroatoms. The summed E-state index contributed by atoms with van der Waals surface area (Å²) in [5, 5.41) is 0. The fourth-order valence-electron chi connectivity index (χ4n) is 3.35. The quantitative estimate of drug-likeness (QED) is 0.512. The van der Waals surface area contributed by atoms with E-state index in [1.54, 1.807) is 0 Å². The minimum absolute atomic E-state index is 0.198. The molecule has 0 spiro atoms. The average molecular weight is 397 g/mol. The molecule has 2 aromatic carbocycles. The molecule has 0 N–H and O–H groups in total. The van der Waals surface area contributed by atoms with Gasteiger partial charge in [-0.15, -0.1) is 0 Å². The van der Waals surface area contributed by atoms with E-state index >= 15 is 0 Å². The fourth-order valence-corrected chi connectivity index (χ4v) is 3.35. The zero-order valence-corrected chi connectivity index (χ0v) is 17.6. The molecule has 1 fully saturated rings. The van der Waals surface area contributed by atoms with E-state index in [1.807, 2.05) is 50.2 Å². The topological polar surface area (TPSA) is 36.9 Å². The zero-order valence-electron chi connectivity index (χ0n) is 17.6. The molecule has 1 heterocycles. The van der Waals surface area contributed by atoms with Crippen molar-refractivity contribution in [2.45, 2.75) is 64.5 Å². The molecule has 0 saturated carbocycles. The Morgan fingerprint density at radius 3 is 2.07 bits per heavy atom. The Hall–Kier alpha value is -1.98. The molecule has 2 aromatic rings. The van der Waals surface area contributed by atoms with E-state index in [-0.39, 0.29) is 18.3 Å². The molecule has 1 saturated heterocycles. The molecule has 1 aliphatic rings. The Morgan fingerprint density at radius 2 is 1.55 bits per heavy atom. The van der Waals surface area contributed by atoms with Crippen LogP contribution in [0.4, 0.5) is 0 Å². The van der Waals surface area contributed by atoms with Crippen molar-refractivity contribution >= 4 is 0 Å². The Bertz CT molecular complexity index is 742. The summed E-state index contributed by atoms with van der Waals surface area (Å²) in [6.07, 6.45) is 4.44. The van der Waals surface area contributed by atoms with Gasteiger partial charge < -0.3 is 18.9 Å². The summed E-state index contributed by atoms with van der Waals surface area (Å²) >= 11 is 0. The van der Waals surface area contributed by atoms with Gasteiger partial charge in [0.25, 0.3) is 0 Å². The van der Waals surface area contributed by atoms with E-state index in [9.17, 15) is 0 Å². The first kappa shape index (κ1) is 21.7. The van der Waals surface area contributed by atoms with Gasteiger partial charge >= 0.3 is 0 Å². The number of ether oxygens (including phenoxy) is 4. The van der Waals surface area contributed by atoms with Gasteiger partial charge in [-0.25, -0.2) is 0 Å². The second-order valence-electron chi connectivity index (χ2n) is 7.73. The number of benzene rings is 2. The highest BCUT2D eigenvalue weighted by Gasteiger charge is 2.41. The maximum atomic E-state index is 6.37. The predicted octanol–water partition coefficient (Wildman–Crippen LogP) is 5.27. The molecular weight excluding hydrogens is 364 g/mol. The van der Waals surface area contributed by atoms with Crippen LogP contribution in [-0.2, 0) is 32.2 Å². The lowest BCUT2D eigenvalue weighted by molar-refractivity contribution is -0.173. The van der Waals surface area contributed by atoms with Crippen molar-refractivity contribution in [3.05, 3.63) is 83.9 Å². The highest BCUT2D eigenvalue weighted by Crippen LogP contribution is 2.28. The lowest BCUT2D eigenvalue weighted by atomic mass is 10.1. The van der Waals surface area contributed by atoms with Crippen LogP contribution in [0.3, 0.4) is 0 Å². The first-order chi connectivity index (χ1) is 14.1. The number of hydrogen-bond acceptors (Lipinski definition) is 4. The summed E-state index contributed by atoms with van der Waals surface area (Å²) in [7, 11) is 0. The third kappa shape index (κ3) is 6.79. The normalized spacial score (nSPS) is 20.7.